The van der Waals surface area contributed by atoms with Gasteiger partial charge in [0, 0.05) is 19.1 Å². The molecule has 0 saturated carbocycles. The molecular weight excluding hydrogens is 148 g/mol. The monoisotopic (exact) mass is 166 g/mol. The average molecular weight is 166 g/mol. The van der Waals surface area contributed by atoms with Crippen molar-refractivity contribution in [2.75, 3.05) is 13.1 Å². The zero-order valence-electron chi connectivity index (χ0n) is 7.72. The molecule has 0 bridgehead atoms. The van der Waals surface area contributed by atoms with E-state index < -0.39 is 0 Å². The maximum absolute atomic E-state index is 5.79. The van der Waals surface area contributed by atoms with E-state index in [9.17, 15) is 0 Å². The standard InChI is InChI=1S/C10H18N2/c1-3-4-8(2)9-5-10(11)7-12-6-9/h3,5,8,10,12H,1,4,6-7,11H2,2H3. The van der Waals surface area contributed by atoms with E-state index in [1.54, 1.807) is 0 Å². The van der Waals surface area contributed by atoms with Gasteiger partial charge >= 0.3 is 0 Å². The highest BCUT2D eigenvalue weighted by Gasteiger charge is 2.13. The molecule has 1 aliphatic rings. The van der Waals surface area contributed by atoms with Gasteiger partial charge < -0.3 is 11.1 Å². The summed E-state index contributed by atoms with van der Waals surface area (Å²) in [4.78, 5) is 0. The van der Waals surface area contributed by atoms with Gasteiger partial charge in [-0.05, 0) is 12.3 Å². The van der Waals surface area contributed by atoms with Crippen molar-refractivity contribution in [3.8, 4) is 0 Å². The molecule has 1 aliphatic heterocycles. The molecule has 0 amide bonds. The van der Waals surface area contributed by atoms with Crippen LogP contribution < -0.4 is 11.1 Å². The van der Waals surface area contributed by atoms with Crippen molar-refractivity contribution < 1.29 is 0 Å². The van der Waals surface area contributed by atoms with Gasteiger partial charge in [0.1, 0.15) is 0 Å². The minimum Gasteiger partial charge on any atom is -0.323 e. The molecule has 2 atom stereocenters. The predicted molar refractivity (Wildman–Crippen MR) is 52.9 cm³/mol. The third kappa shape index (κ3) is 2.47. The lowest BCUT2D eigenvalue weighted by Gasteiger charge is -2.23. The Morgan fingerprint density at radius 1 is 1.92 bits per heavy atom. The van der Waals surface area contributed by atoms with Gasteiger partial charge in [0.2, 0.25) is 0 Å². The second kappa shape index (κ2) is 4.43. The third-order valence-electron chi connectivity index (χ3n) is 2.29. The van der Waals surface area contributed by atoms with Gasteiger partial charge in [0.05, 0.1) is 0 Å². The molecule has 0 spiro atoms. The number of nitrogens with one attached hydrogen (secondary N) is 1. The Morgan fingerprint density at radius 3 is 3.25 bits per heavy atom. The lowest BCUT2D eigenvalue weighted by Crippen LogP contribution is -2.39. The Bertz CT molecular complexity index is 184. The van der Waals surface area contributed by atoms with Crippen LogP contribution in [-0.2, 0) is 0 Å². The molecule has 1 rings (SSSR count). The highest BCUT2D eigenvalue weighted by atomic mass is 14.9. The van der Waals surface area contributed by atoms with Gasteiger partial charge in [-0.3, -0.25) is 0 Å². The quantitative estimate of drug-likeness (QED) is 0.615. The number of hydrogen-bond acceptors (Lipinski definition) is 2. The van der Waals surface area contributed by atoms with Gasteiger partial charge in [0.25, 0.3) is 0 Å². The van der Waals surface area contributed by atoms with Crippen LogP contribution in [0.4, 0.5) is 0 Å². The lowest BCUT2D eigenvalue weighted by atomic mass is 9.94. The largest absolute Gasteiger partial charge is 0.323 e. The summed E-state index contributed by atoms with van der Waals surface area (Å²) in [6.45, 7) is 7.85. The van der Waals surface area contributed by atoms with Gasteiger partial charge in [-0.1, -0.05) is 24.6 Å². The van der Waals surface area contributed by atoms with Crippen molar-refractivity contribution >= 4 is 0 Å². The SMILES string of the molecule is C=CCC(C)C1=CC(N)CNC1. The predicted octanol–water partition coefficient (Wildman–Crippen LogP) is 1.06. The van der Waals surface area contributed by atoms with Crippen molar-refractivity contribution in [1.82, 2.24) is 5.32 Å². The van der Waals surface area contributed by atoms with Crippen LogP contribution in [0.1, 0.15) is 13.3 Å². The highest BCUT2D eigenvalue weighted by molar-refractivity contribution is 5.15. The Labute approximate surface area is 74.5 Å². The Kier molecular flexibility index (Phi) is 3.50. The number of rotatable bonds is 3. The maximum atomic E-state index is 5.79. The van der Waals surface area contributed by atoms with Crippen molar-refractivity contribution in [1.29, 1.82) is 0 Å². The molecule has 0 aromatic carbocycles. The molecule has 2 unspecified atom stereocenters. The molecular formula is C10H18N2. The minimum atomic E-state index is 0.195. The van der Waals surface area contributed by atoms with Crippen LogP contribution in [0, 0.1) is 5.92 Å². The fraction of sp³-hybridized carbons (Fsp3) is 0.600. The second-order valence-corrected chi connectivity index (χ2v) is 3.46. The molecule has 0 fully saturated rings. The molecule has 0 aromatic rings. The Balaban J connectivity index is 2.54. The molecule has 2 nitrogen and oxygen atoms in total. The van der Waals surface area contributed by atoms with E-state index in [1.165, 1.54) is 5.57 Å². The average Bonchev–Trinajstić information content (AvgIpc) is 2.05. The molecule has 12 heavy (non-hydrogen) atoms. The van der Waals surface area contributed by atoms with E-state index in [-0.39, 0.29) is 6.04 Å². The first kappa shape index (κ1) is 9.49. The molecule has 2 heteroatoms. The minimum absolute atomic E-state index is 0.195. The van der Waals surface area contributed by atoms with E-state index in [0.29, 0.717) is 5.92 Å². The summed E-state index contributed by atoms with van der Waals surface area (Å²) in [5.74, 6) is 0.585. The van der Waals surface area contributed by atoms with Crippen molar-refractivity contribution in [3.63, 3.8) is 0 Å². The zero-order chi connectivity index (χ0) is 8.97. The summed E-state index contributed by atoms with van der Waals surface area (Å²) >= 11 is 0. The summed E-state index contributed by atoms with van der Waals surface area (Å²) in [6, 6.07) is 0.195. The maximum Gasteiger partial charge on any atom is 0.0354 e. The van der Waals surface area contributed by atoms with Crippen LogP contribution in [-0.4, -0.2) is 19.1 Å². The van der Waals surface area contributed by atoms with E-state index >= 15 is 0 Å². The van der Waals surface area contributed by atoms with E-state index in [2.05, 4.69) is 24.9 Å². The Morgan fingerprint density at radius 2 is 2.67 bits per heavy atom. The topological polar surface area (TPSA) is 38.0 Å². The Hall–Kier alpha value is -0.600. The first-order chi connectivity index (χ1) is 5.74. The fourth-order valence-corrected chi connectivity index (χ4v) is 1.52. The number of nitrogens with two attached hydrogens (primary N) is 1. The van der Waals surface area contributed by atoms with Crippen LogP contribution in [0.25, 0.3) is 0 Å². The van der Waals surface area contributed by atoms with Crippen LogP contribution in [0.15, 0.2) is 24.3 Å². The van der Waals surface area contributed by atoms with Crippen LogP contribution in [0.3, 0.4) is 0 Å². The summed E-state index contributed by atoms with van der Waals surface area (Å²) in [7, 11) is 0. The molecule has 1 heterocycles. The number of allylic oxidation sites excluding steroid dienone is 1. The summed E-state index contributed by atoms with van der Waals surface area (Å²) in [5.41, 5.74) is 7.22. The normalized spacial score (nSPS) is 26.2. The highest BCUT2D eigenvalue weighted by Crippen LogP contribution is 2.16. The zero-order valence-corrected chi connectivity index (χ0v) is 7.72. The van der Waals surface area contributed by atoms with Crippen LogP contribution in [0.5, 0.6) is 0 Å². The summed E-state index contributed by atoms with van der Waals surface area (Å²) in [6.07, 6.45) is 5.19. The first-order valence-electron chi connectivity index (χ1n) is 4.52. The summed E-state index contributed by atoms with van der Waals surface area (Å²) < 4.78 is 0. The number of hydrogen-bond donors (Lipinski definition) is 2. The van der Waals surface area contributed by atoms with E-state index in [1.807, 2.05) is 6.08 Å². The first-order valence-corrected chi connectivity index (χ1v) is 4.52. The second-order valence-electron chi connectivity index (χ2n) is 3.46. The molecule has 0 aromatic heterocycles. The molecule has 0 saturated heterocycles. The third-order valence-corrected chi connectivity index (χ3v) is 2.29. The summed E-state index contributed by atoms with van der Waals surface area (Å²) in [5, 5.41) is 3.30. The lowest BCUT2D eigenvalue weighted by molar-refractivity contribution is 0.568. The van der Waals surface area contributed by atoms with E-state index in [4.69, 9.17) is 5.73 Å². The fourth-order valence-electron chi connectivity index (χ4n) is 1.52. The van der Waals surface area contributed by atoms with Gasteiger partial charge in [-0.25, -0.2) is 0 Å². The van der Waals surface area contributed by atoms with Crippen molar-refractivity contribution in [2.24, 2.45) is 11.7 Å². The molecule has 68 valence electrons. The van der Waals surface area contributed by atoms with Crippen LogP contribution >= 0.6 is 0 Å². The van der Waals surface area contributed by atoms with Crippen LogP contribution in [0.2, 0.25) is 0 Å². The van der Waals surface area contributed by atoms with E-state index in [0.717, 1.165) is 19.5 Å². The van der Waals surface area contributed by atoms with Crippen molar-refractivity contribution in [2.45, 2.75) is 19.4 Å². The molecule has 3 N–H and O–H groups in total. The van der Waals surface area contributed by atoms with Gasteiger partial charge in [-0.15, -0.1) is 6.58 Å². The van der Waals surface area contributed by atoms with Gasteiger partial charge in [0.15, 0.2) is 0 Å². The molecule has 0 aliphatic carbocycles. The smallest absolute Gasteiger partial charge is 0.0354 e. The molecule has 0 radical (unpaired) electrons. The van der Waals surface area contributed by atoms with Crippen molar-refractivity contribution in [3.05, 3.63) is 24.3 Å². The van der Waals surface area contributed by atoms with Gasteiger partial charge in [-0.2, -0.15) is 0 Å².